The first-order chi connectivity index (χ1) is 31.7. The second-order valence-electron chi connectivity index (χ2n) is 16.7. The van der Waals surface area contributed by atoms with Gasteiger partial charge in [-0.15, -0.1) is 0 Å². The number of para-hydroxylation sites is 4. The Kier molecular flexibility index (Phi) is 7.22. The summed E-state index contributed by atoms with van der Waals surface area (Å²) >= 11 is 0. The molecule has 0 amide bonds. The van der Waals surface area contributed by atoms with Crippen LogP contribution >= 0.6 is 0 Å². The molecule has 0 saturated carbocycles. The normalized spacial score (nSPS) is 14.8. The highest BCUT2D eigenvalue weighted by Crippen LogP contribution is 2.60. The van der Waals surface area contributed by atoms with Crippen molar-refractivity contribution < 1.29 is 9.15 Å². The van der Waals surface area contributed by atoms with E-state index in [9.17, 15) is 0 Å². The van der Waals surface area contributed by atoms with Gasteiger partial charge in [0.05, 0.1) is 22.1 Å². The highest BCUT2D eigenvalue weighted by atomic mass is 16.5. The summed E-state index contributed by atoms with van der Waals surface area (Å²) in [5.74, 6) is 3.51. The van der Waals surface area contributed by atoms with E-state index in [1.165, 1.54) is 38.6 Å². The third-order valence-electron chi connectivity index (χ3n) is 13.3. The van der Waals surface area contributed by atoms with Crippen LogP contribution in [0.1, 0.15) is 22.3 Å². The molecule has 0 fully saturated rings. The second kappa shape index (κ2) is 13.2. The molecule has 0 aliphatic carbocycles. The number of ether oxygens (including phenoxy) is 1. The lowest BCUT2D eigenvalue weighted by molar-refractivity contribution is 0.434. The smallest absolute Gasteiger partial charge is 0.164 e. The van der Waals surface area contributed by atoms with E-state index in [4.69, 9.17) is 24.1 Å². The van der Waals surface area contributed by atoms with Gasteiger partial charge in [0.25, 0.3) is 0 Å². The Labute approximate surface area is 367 Å². The SMILES string of the molecule is c1ccc(-c2nc(-c3ccccc3)nc(-c3cccc4oc5ccc(-c6ccc7c(c6)C6(c8ccccc8O7)c7ccccc7-n7c8ccccc8c8cccc6c87)cc5c34)n2)cc1. The van der Waals surface area contributed by atoms with E-state index >= 15 is 0 Å². The summed E-state index contributed by atoms with van der Waals surface area (Å²) in [5, 5.41) is 4.42. The maximum atomic E-state index is 6.88. The van der Waals surface area contributed by atoms with Crippen LogP contribution in [0, 0.1) is 0 Å². The monoisotopic (exact) mass is 818 g/mol. The minimum Gasteiger partial charge on any atom is -0.457 e. The number of hydrogen-bond acceptors (Lipinski definition) is 5. The van der Waals surface area contributed by atoms with Gasteiger partial charge in [0.15, 0.2) is 17.5 Å². The van der Waals surface area contributed by atoms with Crippen molar-refractivity contribution in [2.45, 2.75) is 5.41 Å². The van der Waals surface area contributed by atoms with Crippen molar-refractivity contribution >= 4 is 43.7 Å². The number of benzene rings is 9. The van der Waals surface area contributed by atoms with Crippen molar-refractivity contribution in [2.75, 3.05) is 0 Å². The molecule has 5 heterocycles. The predicted molar refractivity (Wildman–Crippen MR) is 255 cm³/mol. The first-order valence-corrected chi connectivity index (χ1v) is 21.6. The quantitative estimate of drug-likeness (QED) is 0.177. The highest BCUT2D eigenvalue weighted by Gasteiger charge is 2.50. The minimum atomic E-state index is -0.675. The van der Waals surface area contributed by atoms with Gasteiger partial charge in [-0.05, 0) is 70.8 Å². The summed E-state index contributed by atoms with van der Waals surface area (Å²) in [6.07, 6.45) is 0. The van der Waals surface area contributed by atoms with Crippen molar-refractivity contribution in [3.05, 3.63) is 229 Å². The zero-order chi connectivity index (χ0) is 41.9. The molecule has 6 nitrogen and oxygen atoms in total. The molecule has 0 bridgehead atoms. The Morgan fingerprint density at radius 1 is 0.391 bits per heavy atom. The third kappa shape index (κ3) is 4.82. The molecule has 0 N–H and O–H groups in total. The van der Waals surface area contributed by atoms with Gasteiger partial charge in [0.1, 0.15) is 22.7 Å². The van der Waals surface area contributed by atoms with Gasteiger partial charge in [-0.2, -0.15) is 0 Å². The largest absolute Gasteiger partial charge is 0.457 e. The summed E-state index contributed by atoms with van der Waals surface area (Å²) < 4.78 is 15.9. The topological polar surface area (TPSA) is 66.0 Å². The Morgan fingerprint density at radius 3 is 1.84 bits per heavy atom. The van der Waals surface area contributed by atoms with E-state index < -0.39 is 5.41 Å². The van der Waals surface area contributed by atoms with E-state index in [-0.39, 0.29) is 0 Å². The molecule has 9 aromatic carbocycles. The molecule has 1 unspecified atom stereocenters. The average Bonchev–Trinajstić information content (AvgIpc) is 3.92. The molecule has 14 rings (SSSR count). The van der Waals surface area contributed by atoms with Crippen molar-refractivity contribution in [3.63, 3.8) is 0 Å². The summed E-state index contributed by atoms with van der Waals surface area (Å²) in [4.78, 5) is 15.2. The Morgan fingerprint density at radius 2 is 1.02 bits per heavy atom. The molecule has 64 heavy (non-hydrogen) atoms. The number of hydrogen-bond donors (Lipinski definition) is 0. The summed E-state index contributed by atoms with van der Waals surface area (Å²) in [5.41, 5.74) is 14.0. The molecule has 12 aromatic rings. The number of nitrogens with zero attached hydrogens (tertiary/aromatic N) is 4. The second-order valence-corrected chi connectivity index (χ2v) is 16.7. The van der Waals surface area contributed by atoms with Crippen molar-refractivity contribution in [3.8, 4) is 62.5 Å². The molecule has 0 radical (unpaired) electrons. The lowest BCUT2D eigenvalue weighted by Gasteiger charge is -2.45. The third-order valence-corrected chi connectivity index (χ3v) is 13.3. The van der Waals surface area contributed by atoms with E-state index in [0.717, 1.165) is 72.4 Å². The molecule has 1 atom stereocenters. The molecular weight excluding hydrogens is 785 g/mol. The van der Waals surface area contributed by atoms with Crippen LogP contribution in [0.3, 0.4) is 0 Å². The van der Waals surface area contributed by atoms with Gasteiger partial charge in [0.2, 0.25) is 0 Å². The highest BCUT2D eigenvalue weighted by molar-refractivity contribution is 6.14. The number of rotatable bonds is 4. The van der Waals surface area contributed by atoms with Crippen molar-refractivity contribution in [2.24, 2.45) is 0 Å². The molecule has 3 aromatic heterocycles. The van der Waals surface area contributed by atoms with Crippen molar-refractivity contribution in [1.29, 1.82) is 0 Å². The van der Waals surface area contributed by atoms with Crippen LogP contribution in [-0.2, 0) is 5.41 Å². The van der Waals surface area contributed by atoms with Crippen molar-refractivity contribution in [1.82, 2.24) is 19.5 Å². The molecule has 2 aliphatic rings. The Hall–Kier alpha value is -8.61. The van der Waals surface area contributed by atoms with Crippen LogP contribution in [0.4, 0.5) is 0 Å². The standard InChI is InChI=1S/C58H34N4O2/c1-3-15-35(16-4-1)55-59-56(36-17-5-2-6-18-36)61-57(60-55)41-21-14-28-52-53(41)42-33-37(29-31-49(42)63-52)38-30-32-51-46(34-38)58(44-23-9-12-27-50(44)64-51)43-22-8-11-26-48(43)62-47-25-10-7-19-39(47)40-20-13-24-45(58)54(40)62/h1-34H. The fraction of sp³-hybridized carbons (Fsp3) is 0.0172. The van der Waals surface area contributed by atoms with Crippen LogP contribution in [0.15, 0.2) is 211 Å². The summed E-state index contributed by atoms with van der Waals surface area (Å²) in [6, 6.07) is 72.5. The molecule has 6 heteroatoms. The first-order valence-electron chi connectivity index (χ1n) is 21.6. The van der Waals surface area contributed by atoms with Gasteiger partial charge in [-0.3, -0.25) is 0 Å². The Bertz CT molecular complexity index is 3830. The zero-order valence-corrected chi connectivity index (χ0v) is 34.2. The predicted octanol–water partition coefficient (Wildman–Crippen LogP) is 14.3. The molecule has 1 spiro atoms. The number of aromatic nitrogens is 4. The van der Waals surface area contributed by atoms with E-state index in [2.05, 4.69) is 138 Å². The molecule has 0 saturated heterocycles. The van der Waals surface area contributed by atoms with Crippen LogP contribution < -0.4 is 4.74 Å². The lowest BCUT2D eigenvalue weighted by Crippen LogP contribution is -2.37. The van der Waals surface area contributed by atoms with E-state index in [1.54, 1.807) is 0 Å². The molecule has 2 aliphatic heterocycles. The fourth-order valence-electron chi connectivity index (χ4n) is 10.6. The van der Waals surface area contributed by atoms with Gasteiger partial charge in [-0.1, -0.05) is 158 Å². The maximum Gasteiger partial charge on any atom is 0.164 e. The summed E-state index contributed by atoms with van der Waals surface area (Å²) in [6.45, 7) is 0. The van der Waals surface area contributed by atoms with Crippen LogP contribution in [0.2, 0.25) is 0 Å². The van der Waals surface area contributed by atoms with Crippen LogP contribution in [0.5, 0.6) is 11.5 Å². The van der Waals surface area contributed by atoms with E-state index in [1.807, 2.05) is 72.8 Å². The van der Waals surface area contributed by atoms with Crippen LogP contribution in [0.25, 0.3) is 94.7 Å². The molecular formula is C58H34N4O2. The summed E-state index contributed by atoms with van der Waals surface area (Å²) in [7, 11) is 0. The van der Waals surface area contributed by atoms with Gasteiger partial charge < -0.3 is 13.7 Å². The maximum absolute atomic E-state index is 6.88. The van der Waals surface area contributed by atoms with Gasteiger partial charge in [-0.25, -0.2) is 15.0 Å². The van der Waals surface area contributed by atoms with E-state index in [0.29, 0.717) is 17.5 Å². The lowest BCUT2D eigenvalue weighted by atomic mass is 9.61. The van der Waals surface area contributed by atoms with Gasteiger partial charge >= 0.3 is 0 Å². The zero-order valence-electron chi connectivity index (χ0n) is 34.2. The average molecular weight is 819 g/mol. The first kappa shape index (κ1) is 35.0. The minimum absolute atomic E-state index is 0.584. The Balaban J connectivity index is 0.999. The number of fused-ring (bicyclic) bond motifs is 14. The molecule has 298 valence electrons. The van der Waals surface area contributed by atoms with Crippen LogP contribution in [-0.4, -0.2) is 19.5 Å². The fourth-order valence-corrected chi connectivity index (χ4v) is 10.6. The van der Waals surface area contributed by atoms with Gasteiger partial charge in [0, 0.05) is 49.4 Å². The number of furan rings is 1.